The largest absolute Gasteiger partial charge is 0.393 e. The molecule has 0 saturated carbocycles. The summed E-state index contributed by atoms with van der Waals surface area (Å²) in [5.74, 6) is 0.201. The lowest BCUT2D eigenvalue weighted by Crippen LogP contribution is -2.37. The minimum Gasteiger partial charge on any atom is -0.393 e. The predicted octanol–water partition coefficient (Wildman–Crippen LogP) is 12.6. The Balaban J connectivity index is 3.76. The van der Waals surface area contributed by atoms with Crippen LogP contribution in [-0.4, -0.2) is 30.2 Å². The van der Waals surface area contributed by atoms with Crippen LogP contribution in [0.25, 0.3) is 0 Å². The predicted molar refractivity (Wildman–Crippen MR) is 204 cm³/mol. The standard InChI is InChI=1S/C42H84N2O2/c1-8-10-12-14-16-18-19-21-22-30-36-43-38(3)41(4,5)34-28-24-26-32-39(45)33-27-25-29-35-42(6,7)40(46)44-37-31-23-20-17-15-13-11-9-2/h39,43,45H,3,8-37H2,1-2,4-7H3,(H,44,46). The van der Waals surface area contributed by atoms with E-state index in [9.17, 15) is 9.90 Å². The summed E-state index contributed by atoms with van der Waals surface area (Å²) in [5, 5.41) is 17.3. The summed E-state index contributed by atoms with van der Waals surface area (Å²) in [6.45, 7) is 19.6. The molecular formula is C42H84N2O2. The lowest BCUT2D eigenvalue weighted by atomic mass is 9.83. The van der Waals surface area contributed by atoms with Crippen LogP contribution in [0.4, 0.5) is 0 Å². The Morgan fingerprint density at radius 1 is 0.522 bits per heavy atom. The minimum atomic E-state index is -0.305. The van der Waals surface area contributed by atoms with Gasteiger partial charge in [0.05, 0.1) is 6.10 Å². The molecule has 274 valence electrons. The highest BCUT2D eigenvalue weighted by Gasteiger charge is 2.26. The van der Waals surface area contributed by atoms with Crippen LogP contribution in [0.1, 0.15) is 221 Å². The molecule has 1 amide bonds. The molecule has 0 heterocycles. The Morgan fingerprint density at radius 2 is 0.870 bits per heavy atom. The molecule has 3 N–H and O–H groups in total. The number of hydrogen-bond acceptors (Lipinski definition) is 3. The van der Waals surface area contributed by atoms with Gasteiger partial charge in [-0.1, -0.05) is 189 Å². The minimum absolute atomic E-state index is 0.120. The molecule has 0 radical (unpaired) electrons. The number of rotatable bonds is 35. The number of allylic oxidation sites excluding steroid dienone is 1. The van der Waals surface area contributed by atoms with Gasteiger partial charge in [0.2, 0.25) is 5.91 Å². The normalized spacial score (nSPS) is 12.8. The molecule has 0 aliphatic carbocycles. The first-order valence-electron chi connectivity index (χ1n) is 20.5. The van der Waals surface area contributed by atoms with Gasteiger partial charge in [0, 0.05) is 29.6 Å². The fourth-order valence-electron chi connectivity index (χ4n) is 6.45. The maximum atomic E-state index is 12.7. The highest BCUT2D eigenvalue weighted by Crippen LogP contribution is 2.30. The number of unbranched alkanes of at least 4 members (excludes halogenated alkanes) is 20. The topological polar surface area (TPSA) is 61.4 Å². The molecule has 4 nitrogen and oxygen atoms in total. The van der Waals surface area contributed by atoms with Gasteiger partial charge in [-0.15, -0.1) is 0 Å². The zero-order valence-corrected chi connectivity index (χ0v) is 32.4. The van der Waals surface area contributed by atoms with Crippen molar-refractivity contribution in [2.24, 2.45) is 10.8 Å². The molecule has 4 heteroatoms. The molecule has 46 heavy (non-hydrogen) atoms. The maximum Gasteiger partial charge on any atom is 0.225 e. The van der Waals surface area contributed by atoms with Gasteiger partial charge < -0.3 is 15.7 Å². The molecule has 0 spiro atoms. The molecule has 0 fully saturated rings. The zero-order chi connectivity index (χ0) is 34.4. The second kappa shape index (κ2) is 30.1. The van der Waals surface area contributed by atoms with Crippen molar-refractivity contribution in [1.82, 2.24) is 10.6 Å². The average molecular weight is 649 g/mol. The molecule has 0 aliphatic rings. The molecule has 0 aliphatic heterocycles. The van der Waals surface area contributed by atoms with Crippen LogP contribution in [0.15, 0.2) is 12.3 Å². The number of aliphatic hydroxyl groups excluding tert-OH is 1. The van der Waals surface area contributed by atoms with E-state index >= 15 is 0 Å². The summed E-state index contributed by atoms with van der Waals surface area (Å²) in [5.41, 5.74) is 1.00. The first kappa shape index (κ1) is 45.0. The van der Waals surface area contributed by atoms with E-state index in [1.807, 2.05) is 0 Å². The summed E-state index contributed by atoms with van der Waals surface area (Å²) in [6, 6.07) is 0. The Kier molecular flexibility index (Phi) is 29.4. The maximum absolute atomic E-state index is 12.7. The van der Waals surface area contributed by atoms with Crippen molar-refractivity contribution in [2.45, 2.75) is 227 Å². The Hall–Kier alpha value is -1.03. The molecule has 0 aromatic heterocycles. The number of nitrogens with one attached hydrogen (secondary N) is 2. The van der Waals surface area contributed by atoms with Crippen LogP contribution in [0.2, 0.25) is 0 Å². The van der Waals surface area contributed by atoms with E-state index in [0.29, 0.717) is 0 Å². The molecule has 1 unspecified atom stereocenters. The van der Waals surface area contributed by atoms with Crippen molar-refractivity contribution in [3.8, 4) is 0 Å². The van der Waals surface area contributed by atoms with E-state index in [-0.39, 0.29) is 22.8 Å². The van der Waals surface area contributed by atoms with Crippen molar-refractivity contribution >= 4 is 5.91 Å². The Bertz CT molecular complexity index is 702. The van der Waals surface area contributed by atoms with E-state index in [1.54, 1.807) is 0 Å². The number of carbonyl (C=O) groups is 1. The fraction of sp³-hybridized carbons (Fsp3) is 0.929. The SMILES string of the molecule is C=C(NCCCCCCCCCCCC)C(C)(C)CCCCCC(O)CCCCCC(C)(C)C(=O)NCCCCCCCCCC. The van der Waals surface area contributed by atoms with Crippen LogP contribution >= 0.6 is 0 Å². The summed E-state index contributed by atoms with van der Waals surface area (Å²) in [7, 11) is 0. The van der Waals surface area contributed by atoms with Crippen molar-refractivity contribution in [1.29, 1.82) is 0 Å². The van der Waals surface area contributed by atoms with Crippen molar-refractivity contribution < 1.29 is 9.90 Å². The Labute approximate surface area is 289 Å². The molecule has 0 aromatic rings. The molecule has 0 rings (SSSR count). The van der Waals surface area contributed by atoms with Gasteiger partial charge in [-0.25, -0.2) is 0 Å². The van der Waals surface area contributed by atoms with E-state index in [1.165, 1.54) is 128 Å². The van der Waals surface area contributed by atoms with Crippen LogP contribution in [0.3, 0.4) is 0 Å². The monoisotopic (exact) mass is 649 g/mol. The van der Waals surface area contributed by atoms with Crippen LogP contribution < -0.4 is 10.6 Å². The summed E-state index contributed by atoms with van der Waals surface area (Å²) >= 11 is 0. The molecular weight excluding hydrogens is 564 g/mol. The van der Waals surface area contributed by atoms with Gasteiger partial charge in [-0.3, -0.25) is 4.79 Å². The third-order valence-corrected chi connectivity index (χ3v) is 10.3. The smallest absolute Gasteiger partial charge is 0.225 e. The summed E-state index contributed by atoms with van der Waals surface area (Å²) < 4.78 is 0. The second-order valence-corrected chi connectivity index (χ2v) is 15.9. The van der Waals surface area contributed by atoms with Gasteiger partial charge in [-0.2, -0.15) is 0 Å². The lowest BCUT2D eigenvalue weighted by Gasteiger charge is -2.28. The second-order valence-electron chi connectivity index (χ2n) is 15.9. The third kappa shape index (κ3) is 27.0. The van der Waals surface area contributed by atoms with E-state index in [2.05, 4.69) is 58.8 Å². The van der Waals surface area contributed by atoms with Crippen LogP contribution in [0.5, 0.6) is 0 Å². The van der Waals surface area contributed by atoms with E-state index in [4.69, 9.17) is 0 Å². The average Bonchev–Trinajstić information content (AvgIpc) is 3.02. The van der Waals surface area contributed by atoms with E-state index in [0.717, 1.165) is 70.9 Å². The van der Waals surface area contributed by atoms with Crippen LogP contribution in [-0.2, 0) is 4.79 Å². The molecule has 0 saturated heterocycles. The van der Waals surface area contributed by atoms with Crippen molar-refractivity contribution in [2.75, 3.05) is 13.1 Å². The quantitative estimate of drug-likeness (QED) is 0.0599. The highest BCUT2D eigenvalue weighted by molar-refractivity contribution is 5.81. The van der Waals surface area contributed by atoms with Crippen molar-refractivity contribution in [3.05, 3.63) is 12.3 Å². The molecule has 0 bridgehead atoms. The molecule has 0 aromatic carbocycles. The van der Waals surface area contributed by atoms with Gasteiger partial charge >= 0.3 is 0 Å². The highest BCUT2D eigenvalue weighted by atomic mass is 16.3. The van der Waals surface area contributed by atoms with Gasteiger partial charge in [0.15, 0.2) is 0 Å². The third-order valence-electron chi connectivity index (χ3n) is 10.3. The lowest BCUT2D eigenvalue weighted by molar-refractivity contribution is -0.129. The summed E-state index contributed by atoms with van der Waals surface area (Å²) in [4.78, 5) is 12.7. The first-order chi connectivity index (χ1) is 22.1. The number of carbonyl (C=O) groups excluding carboxylic acids is 1. The zero-order valence-electron chi connectivity index (χ0n) is 32.4. The molecule has 1 atom stereocenters. The fourth-order valence-corrected chi connectivity index (χ4v) is 6.45. The van der Waals surface area contributed by atoms with Gasteiger partial charge in [0.1, 0.15) is 0 Å². The van der Waals surface area contributed by atoms with Gasteiger partial charge in [-0.05, 0) is 38.5 Å². The number of hydrogen-bond donors (Lipinski definition) is 3. The number of amides is 1. The summed E-state index contributed by atoms with van der Waals surface area (Å²) in [6.07, 6.45) is 34.4. The van der Waals surface area contributed by atoms with Crippen molar-refractivity contribution in [3.63, 3.8) is 0 Å². The van der Waals surface area contributed by atoms with Gasteiger partial charge in [0.25, 0.3) is 0 Å². The Morgan fingerprint density at radius 3 is 1.30 bits per heavy atom. The van der Waals surface area contributed by atoms with E-state index < -0.39 is 0 Å². The first-order valence-corrected chi connectivity index (χ1v) is 20.5. The number of aliphatic hydroxyl groups is 1. The van der Waals surface area contributed by atoms with Crippen LogP contribution in [0, 0.1) is 10.8 Å².